The first-order valence-corrected chi connectivity index (χ1v) is 6.84. The first-order chi connectivity index (χ1) is 8.34. The Morgan fingerprint density at radius 2 is 2.22 bits per heavy atom. The molecule has 0 bridgehead atoms. The van der Waals surface area contributed by atoms with Crippen LogP contribution in [0.3, 0.4) is 0 Å². The summed E-state index contributed by atoms with van der Waals surface area (Å²) < 4.78 is 22.3. The first kappa shape index (κ1) is 14.2. The predicted octanol–water partition coefficient (Wildman–Crippen LogP) is -0.421. The van der Waals surface area contributed by atoms with Gasteiger partial charge in [-0.1, -0.05) is 6.08 Å². The minimum atomic E-state index is -3.25. The lowest BCUT2D eigenvalue weighted by atomic mass is 10.3. The van der Waals surface area contributed by atoms with Gasteiger partial charge in [0.1, 0.15) is 6.54 Å². The van der Waals surface area contributed by atoms with Crippen LogP contribution in [0.15, 0.2) is 24.1 Å². The van der Waals surface area contributed by atoms with Crippen LogP contribution in [0.5, 0.6) is 0 Å². The molecule has 0 aliphatic carbocycles. The number of nitrogens with zero attached hydrogens (tertiary/aromatic N) is 1. The highest BCUT2D eigenvalue weighted by Gasteiger charge is 2.25. The summed E-state index contributed by atoms with van der Waals surface area (Å²) >= 11 is 0. The number of urea groups is 1. The van der Waals surface area contributed by atoms with Crippen molar-refractivity contribution in [3.8, 4) is 0 Å². The summed E-state index contributed by atoms with van der Waals surface area (Å²) in [6.45, 7) is 3.02. The van der Waals surface area contributed by atoms with Crippen molar-refractivity contribution in [1.82, 2.24) is 10.2 Å². The van der Waals surface area contributed by atoms with Crippen LogP contribution in [0, 0.1) is 0 Å². The van der Waals surface area contributed by atoms with Gasteiger partial charge in [-0.2, -0.15) is 0 Å². The molecule has 1 aliphatic heterocycles. The Balaban J connectivity index is 2.60. The van der Waals surface area contributed by atoms with E-state index in [4.69, 9.17) is 5.11 Å². The molecule has 1 aliphatic rings. The topological polar surface area (TPSA) is 104 Å². The van der Waals surface area contributed by atoms with Crippen molar-refractivity contribution in [3.63, 3.8) is 0 Å². The molecule has 0 saturated heterocycles. The average molecular weight is 274 g/mol. The molecule has 0 spiro atoms. The minimum Gasteiger partial charge on any atom is -0.480 e. The number of carboxylic acid groups (broad SMARTS) is 1. The summed E-state index contributed by atoms with van der Waals surface area (Å²) in [6, 6.07) is -1.26. The molecule has 100 valence electrons. The number of hydrogen-bond acceptors (Lipinski definition) is 4. The summed E-state index contributed by atoms with van der Waals surface area (Å²) in [7, 11) is -3.25. The van der Waals surface area contributed by atoms with E-state index in [1.807, 2.05) is 0 Å². The lowest BCUT2D eigenvalue weighted by Crippen LogP contribution is -2.47. The van der Waals surface area contributed by atoms with Gasteiger partial charge in [-0.05, 0) is 6.08 Å². The predicted molar refractivity (Wildman–Crippen MR) is 64.7 cm³/mol. The zero-order valence-corrected chi connectivity index (χ0v) is 10.4. The van der Waals surface area contributed by atoms with E-state index in [-0.39, 0.29) is 12.3 Å². The number of rotatable bonds is 5. The van der Waals surface area contributed by atoms with E-state index in [0.29, 0.717) is 0 Å². The lowest BCUT2D eigenvalue weighted by molar-refractivity contribution is -0.137. The molecule has 1 rings (SSSR count). The number of nitrogens with one attached hydrogen (secondary N) is 1. The van der Waals surface area contributed by atoms with Crippen molar-refractivity contribution in [3.05, 3.63) is 24.1 Å². The summed E-state index contributed by atoms with van der Waals surface area (Å²) in [5, 5.41) is 12.1. The lowest BCUT2D eigenvalue weighted by Gasteiger charge is -2.21. The van der Waals surface area contributed by atoms with Crippen LogP contribution in [-0.2, 0) is 14.6 Å². The highest BCUT2D eigenvalue weighted by atomic mass is 32.2. The van der Waals surface area contributed by atoms with Crippen LogP contribution in [0.2, 0.25) is 0 Å². The molecule has 0 radical (unpaired) electrons. The van der Waals surface area contributed by atoms with Crippen LogP contribution in [0.4, 0.5) is 4.79 Å². The Labute approximate surface area is 105 Å². The van der Waals surface area contributed by atoms with Gasteiger partial charge in [0.25, 0.3) is 0 Å². The smallest absolute Gasteiger partial charge is 0.323 e. The zero-order chi connectivity index (χ0) is 13.8. The van der Waals surface area contributed by atoms with Gasteiger partial charge in [-0.3, -0.25) is 4.79 Å². The fraction of sp³-hybridized carbons (Fsp3) is 0.400. The Bertz CT molecular complexity index is 482. The Kier molecular flexibility index (Phi) is 4.49. The third kappa shape index (κ3) is 4.21. The largest absolute Gasteiger partial charge is 0.480 e. The maximum absolute atomic E-state index is 11.7. The van der Waals surface area contributed by atoms with Gasteiger partial charge in [0, 0.05) is 12.0 Å². The van der Waals surface area contributed by atoms with Gasteiger partial charge in [0.15, 0.2) is 9.84 Å². The number of carbonyl (C=O) groups is 2. The molecule has 1 heterocycles. The molecule has 8 heteroatoms. The van der Waals surface area contributed by atoms with E-state index in [9.17, 15) is 18.0 Å². The second kappa shape index (κ2) is 5.67. The van der Waals surface area contributed by atoms with Crippen molar-refractivity contribution in [2.24, 2.45) is 0 Å². The van der Waals surface area contributed by atoms with E-state index in [0.717, 1.165) is 10.3 Å². The Hall–Kier alpha value is -1.83. The van der Waals surface area contributed by atoms with Crippen molar-refractivity contribution >= 4 is 21.8 Å². The SMILES string of the molecule is C=CCN(CC(=O)O)C(=O)NC1C=CS(=O)(=O)C1. The highest BCUT2D eigenvalue weighted by Crippen LogP contribution is 2.08. The first-order valence-electron chi connectivity index (χ1n) is 5.13. The van der Waals surface area contributed by atoms with Gasteiger partial charge in [0.2, 0.25) is 0 Å². The molecule has 0 aromatic carbocycles. The Morgan fingerprint density at radius 1 is 1.56 bits per heavy atom. The quantitative estimate of drug-likeness (QED) is 0.663. The number of carboxylic acids is 1. The number of hydrogen-bond donors (Lipinski definition) is 2. The van der Waals surface area contributed by atoms with Crippen LogP contribution in [0.25, 0.3) is 0 Å². The van der Waals surface area contributed by atoms with Crippen LogP contribution >= 0.6 is 0 Å². The summed E-state index contributed by atoms with van der Waals surface area (Å²) in [5.74, 6) is -1.35. The molecular formula is C10H14N2O5S. The number of amides is 2. The molecule has 7 nitrogen and oxygen atoms in total. The molecule has 0 aromatic rings. The van der Waals surface area contributed by atoms with Gasteiger partial charge in [-0.15, -0.1) is 6.58 Å². The molecular weight excluding hydrogens is 260 g/mol. The van der Waals surface area contributed by atoms with Crippen LogP contribution in [0.1, 0.15) is 0 Å². The summed E-state index contributed by atoms with van der Waals surface area (Å²) in [5.41, 5.74) is 0. The summed E-state index contributed by atoms with van der Waals surface area (Å²) in [6.07, 6.45) is 2.75. The third-order valence-corrected chi connectivity index (χ3v) is 3.60. The number of carbonyl (C=O) groups excluding carboxylic acids is 1. The molecule has 0 saturated carbocycles. The Morgan fingerprint density at radius 3 is 2.67 bits per heavy atom. The van der Waals surface area contributed by atoms with E-state index in [1.54, 1.807) is 0 Å². The highest BCUT2D eigenvalue weighted by molar-refractivity contribution is 7.94. The molecule has 0 fully saturated rings. The van der Waals surface area contributed by atoms with Crippen molar-refractivity contribution in [2.45, 2.75) is 6.04 Å². The van der Waals surface area contributed by atoms with E-state index in [1.165, 1.54) is 12.2 Å². The van der Waals surface area contributed by atoms with E-state index < -0.39 is 34.4 Å². The molecule has 2 N–H and O–H groups in total. The van der Waals surface area contributed by atoms with Crippen molar-refractivity contribution in [2.75, 3.05) is 18.8 Å². The van der Waals surface area contributed by atoms with E-state index in [2.05, 4.69) is 11.9 Å². The molecule has 1 unspecified atom stereocenters. The van der Waals surface area contributed by atoms with E-state index >= 15 is 0 Å². The molecule has 2 amide bonds. The fourth-order valence-electron chi connectivity index (χ4n) is 1.45. The zero-order valence-electron chi connectivity index (χ0n) is 9.57. The van der Waals surface area contributed by atoms with Crippen LogP contribution in [-0.4, -0.2) is 55.3 Å². The third-order valence-electron chi connectivity index (χ3n) is 2.20. The normalized spacial score (nSPS) is 20.3. The van der Waals surface area contributed by atoms with Gasteiger partial charge < -0.3 is 15.3 Å². The molecule has 1 atom stereocenters. The molecule has 18 heavy (non-hydrogen) atoms. The van der Waals surface area contributed by atoms with Gasteiger partial charge in [0.05, 0.1) is 11.8 Å². The van der Waals surface area contributed by atoms with Crippen LogP contribution < -0.4 is 5.32 Å². The van der Waals surface area contributed by atoms with Gasteiger partial charge in [-0.25, -0.2) is 13.2 Å². The average Bonchev–Trinajstić information content (AvgIpc) is 2.56. The monoisotopic (exact) mass is 274 g/mol. The van der Waals surface area contributed by atoms with Crippen molar-refractivity contribution < 1.29 is 23.1 Å². The maximum Gasteiger partial charge on any atom is 0.323 e. The maximum atomic E-state index is 11.7. The number of sulfone groups is 1. The minimum absolute atomic E-state index is 0.0708. The fourth-order valence-corrected chi connectivity index (χ4v) is 2.69. The second-order valence-corrected chi connectivity index (χ2v) is 5.71. The molecule has 0 aromatic heterocycles. The van der Waals surface area contributed by atoms with Crippen molar-refractivity contribution in [1.29, 1.82) is 0 Å². The second-order valence-electron chi connectivity index (χ2n) is 3.78. The summed E-state index contributed by atoms with van der Waals surface area (Å²) in [4.78, 5) is 23.3. The van der Waals surface area contributed by atoms with Gasteiger partial charge >= 0.3 is 12.0 Å². The number of aliphatic carboxylic acids is 1. The standard InChI is InChI=1S/C10H14N2O5S/c1-2-4-12(6-9(13)14)10(15)11-8-3-5-18(16,17)7-8/h2-3,5,8H,1,4,6-7H2,(H,11,15)(H,13,14).